The van der Waals surface area contributed by atoms with E-state index in [1.165, 1.54) is 5.56 Å². The van der Waals surface area contributed by atoms with Crippen molar-refractivity contribution in [3.05, 3.63) is 71.3 Å². The topological polar surface area (TPSA) is 78.0 Å². The maximum Gasteiger partial charge on any atom is 0.255 e. The minimum absolute atomic E-state index is 0.113. The van der Waals surface area contributed by atoms with Gasteiger partial charge in [-0.25, -0.2) is 8.42 Å². The normalized spacial score (nSPS) is 18.0. The molecule has 7 nitrogen and oxygen atoms in total. The van der Waals surface area contributed by atoms with Crippen LogP contribution in [0.15, 0.2) is 54.6 Å². The maximum atomic E-state index is 13.5. The Balaban J connectivity index is 1.44. The van der Waals surface area contributed by atoms with Gasteiger partial charge in [-0.2, -0.15) is 0 Å². The number of amides is 2. The summed E-state index contributed by atoms with van der Waals surface area (Å²) >= 11 is 0. The zero-order valence-electron chi connectivity index (χ0n) is 18.3. The van der Waals surface area contributed by atoms with Gasteiger partial charge in [0.1, 0.15) is 15.9 Å². The van der Waals surface area contributed by atoms with E-state index in [1.807, 2.05) is 30.3 Å². The first-order valence-electron chi connectivity index (χ1n) is 10.9. The Kier molecular flexibility index (Phi) is 6.62. The van der Waals surface area contributed by atoms with E-state index in [0.29, 0.717) is 25.2 Å². The fourth-order valence-corrected chi connectivity index (χ4v) is 5.10. The van der Waals surface area contributed by atoms with Gasteiger partial charge in [-0.05, 0) is 23.6 Å². The van der Waals surface area contributed by atoms with E-state index in [2.05, 4.69) is 17.0 Å². The maximum absolute atomic E-state index is 13.5. The van der Waals surface area contributed by atoms with Crippen molar-refractivity contribution in [2.24, 2.45) is 0 Å². The number of hydrogen-bond donors (Lipinski definition) is 0. The van der Waals surface area contributed by atoms with Gasteiger partial charge < -0.3 is 9.80 Å². The molecule has 4 rings (SSSR count). The number of benzene rings is 2. The highest BCUT2D eigenvalue weighted by atomic mass is 32.2. The van der Waals surface area contributed by atoms with Gasteiger partial charge in [0.05, 0.1) is 5.75 Å². The van der Waals surface area contributed by atoms with Gasteiger partial charge in [-0.3, -0.25) is 14.5 Å². The smallest absolute Gasteiger partial charge is 0.255 e. The molecule has 1 atom stereocenters. The molecule has 2 aliphatic rings. The van der Waals surface area contributed by atoms with Gasteiger partial charge in [0, 0.05) is 51.1 Å². The number of piperazine rings is 1. The van der Waals surface area contributed by atoms with E-state index in [9.17, 15) is 18.0 Å². The summed E-state index contributed by atoms with van der Waals surface area (Å²) in [4.78, 5) is 32.1. The Morgan fingerprint density at radius 3 is 2.28 bits per heavy atom. The van der Waals surface area contributed by atoms with E-state index in [0.717, 1.165) is 31.5 Å². The number of carbonyl (C=O) groups is 2. The number of nitrogens with zero attached hydrogens (tertiary/aromatic N) is 3. The van der Waals surface area contributed by atoms with Crippen LogP contribution in [0.3, 0.4) is 0 Å². The van der Waals surface area contributed by atoms with Crippen LogP contribution in [0, 0.1) is 0 Å². The van der Waals surface area contributed by atoms with Crippen molar-refractivity contribution >= 4 is 21.7 Å². The monoisotopic (exact) mass is 455 g/mol. The van der Waals surface area contributed by atoms with E-state index in [-0.39, 0.29) is 24.0 Å². The highest BCUT2D eigenvalue weighted by Gasteiger charge is 2.38. The van der Waals surface area contributed by atoms with Crippen molar-refractivity contribution in [3.8, 4) is 0 Å². The molecule has 0 aliphatic carbocycles. The number of carbonyl (C=O) groups excluding carboxylic acids is 2. The van der Waals surface area contributed by atoms with Crippen molar-refractivity contribution in [3.63, 3.8) is 0 Å². The van der Waals surface area contributed by atoms with E-state index < -0.39 is 15.9 Å². The van der Waals surface area contributed by atoms with Crippen LogP contribution >= 0.6 is 0 Å². The third-order valence-corrected chi connectivity index (χ3v) is 7.18. The molecule has 0 unspecified atom stereocenters. The second kappa shape index (κ2) is 9.42. The molecule has 2 aromatic rings. The van der Waals surface area contributed by atoms with Crippen molar-refractivity contribution in [2.45, 2.75) is 25.6 Å². The Morgan fingerprint density at radius 2 is 1.62 bits per heavy atom. The molecule has 0 radical (unpaired) electrons. The summed E-state index contributed by atoms with van der Waals surface area (Å²) in [7, 11) is -3.26. The Bertz CT molecular complexity index is 1080. The molecule has 0 N–H and O–H groups in total. The van der Waals surface area contributed by atoms with Crippen LogP contribution in [-0.2, 0) is 27.7 Å². The van der Waals surface area contributed by atoms with Gasteiger partial charge in [-0.1, -0.05) is 48.5 Å². The quantitative estimate of drug-likeness (QED) is 0.636. The van der Waals surface area contributed by atoms with Gasteiger partial charge in [0.2, 0.25) is 5.91 Å². The van der Waals surface area contributed by atoms with E-state index >= 15 is 0 Å². The number of hydrogen-bond acceptors (Lipinski definition) is 5. The summed E-state index contributed by atoms with van der Waals surface area (Å²) in [6.45, 7) is 3.79. The third-order valence-electron chi connectivity index (χ3n) is 6.21. The Hall–Kier alpha value is -2.71. The molecule has 32 heavy (non-hydrogen) atoms. The summed E-state index contributed by atoms with van der Waals surface area (Å²) in [5, 5.41) is 0. The molecule has 1 saturated heterocycles. The number of fused-ring (bicyclic) bond motifs is 1. The van der Waals surface area contributed by atoms with Gasteiger partial charge in [-0.15, -0.1) is 0 Å². The fourth-order valence-electron chi connectivity index (χ4n) is 4.45. The van der Waals surface area contributed by atoms with Crippen LogP contribution in [-0.4, -0.2) is 79.2 Å². The molecule has 0 saturated carbocycles. The van der Waals surface area contributed by atoms with E-state index in [1.54, 1.807) is 21.9 Å². The highest BCUT2D eigenvalue weighted by molar-refractivity contribution is 7.90. The minimum atomic E-state index is -3.26. The molecule has 170 valence electrons. The molecule has 8 heteroatoms. The second-order valence-corrected chi connectivity index (χ2v) is 10.9. The third kappa shape index (κ3) is 5.19. The SMILES string of the molecule is CS(=O)(=O)CC[C@H](C(=O)N1CCN(Cc2ccccc2)CC1)N1Cc2ccccc2C1=O. The number of rotatable bonds is 7. The van der Waals surface area contributed by atoms with Crippen molar-refractivity contribution in [2.75, 3.05) is 38.2 Å². The molecule has 0 bridgehead atoms. The predicted octanol–water partition coefficient (Wildman–Crippen LogP) is 1.79. The average Bonchev–Trinajstić information content (AvgIpc) is 3.11. The molecular formula is C24H29N3O4S. The average molecular weight is 456 g/mol. The lowest BCUT2D eigenvalue weighted by Crippen LogP contribution is -2.55. The van der Waals surface area contributed by atoms with Gasteiger partial charge in [0.15, 0.2) is 0 Å². The van der Waals surface area contributed by atoms with Crippen LogP contribution in [0.5, 0.6) is 0 Å². The van der Waals surface area contributed by atoms with Crippen molar-refractivity contribution < 1.29 is 18.0 Å². The Morgan fingerprint density at radius 1 is 0.969 bits per heavy atom. The summed E-state index contributed by atoms with van der Waals surface area (Å²) in [5.41, 5.74) is 2.71. The first-order chi connectivity index (χ1) is 15.3. The van der Waals surface area contributed by atoms with Crippen molar-refractivity contribution in [1.82, 2.24) is 14.7 Å². The van der Waals surface area contributed by atoms with Gasteiger partial charge >= 0.3 is 0 Å². The summed E-state index contributed by atoms with van der Waals surface area (Å²) in [6.07, 6.45) is 1.28. The van der Waals surface area contributed by atoms with E-state index in [4.69, 9.17) is 0 Å². The lowest BCUT2D eigenvalue weighted by molar-refractivity contribution is -0.138. The molecule has 0 aromatic heterocycles. The van der Waals surface area contributed by atoms with Crippen LogP contribution in [0.25, 0.3) is 0 Å². The highest BCUT2D eigenvalue weighted by Crippen LogP contribution is 2.27. The summed E-state index contributed by atoms with van der Waals surface area (Å²) < 4.78 is 23.7. The molecule has 2 aliphatic heterocycles. The number of sulfone groups is 1. The lowest BCUT2D eigenvalue weighted by atomic mass is 10.1. The molecular weight excluding hydrogens is 426 g/mol. The zero-order valence-corrected chi connectivity index (χ0v) is 19.1. The molecule has 1 fully saturated rings. The molecule has 2 amide bonds. The predicted molar refractivity (Wildman–Crippen MR) is 123 cm³/mol. The molecule has 0 spiro atoms. The second-order valence-electron chi connectivity index (χ2n) is 8.61. The van der Waals surface area contributed by atoms with Crippen LogP contribution in [0.4, 0.5) is 0 Å². The van der Waals surface area contributed by atoms with Crippen LogP contribution in [0.2, 0.25) is 0 Å². The van der Waals surface area contributed by atoms with Crippen molar-refractivity contribution in [1.29, 1.82) is 0 Å². The summed E-state index contributed by atoms with van der Waals surface area (Å²) in [6, 6.07) is 16.8. The first kappa shape index (κ1) is 22.5. The summed E-state index contributed by atoms with van der Waals surface area (Å²) in [5.74, 6) is -0.485. The van der Waals surface area contributed by atoms with Crippen LogP contribution < -0.4 is 0 Å². The standard InChI is InChI=1S/C24H29N3O4S/c1-32(30,31)16-11-22(27-18-20-9-5-6-10-21(20)23(27)28)24(29)26-14-12-25(13-15-26)17-19-7-3-2-4-8-19/h2-10,22H,11-18H2,1H3/t22-/m1/s1. The zero-order chi connectivity index (χ0) is 22.7. The fraction of sp³-hybridized carbons (Fsp3) is 0.417. The lowest BCUT2D eigenvalue weighted by Gasteiger charge is -2.38. The molecule has 2 aromatic carbocycles. The van der Waals surface area contributed by atoms with Crippen LogP contribution in [0.1, 0.15) is 27.9 Å². The van der Waals surface area contributed by atoms with Gasteiger partial charge in [0.25, 0.3) is 5.91 Å². The Labute approximate surface area is 189 Å². The minimum Gasteiger partial charge on any atom is -0.338 e. The first-order valence-corrected chi connectivity index (χ1v) is 13.0. The largest absolute Gasteiger partial charge is 0.338 e. The molecule has 2 heterocycles.